The number of rotatable bonds is 4. The van der Waals surface area contributed by atoms with Gasteiger partial charge in [0, 0.05) is 10.6 Å². The van der Waals surface area contributed by atoms with Gasteiger partial charge in [-0.2, -0.15) is 5.26 Å². The van der Waals surface area contributed by atoms with E-state index in [1.165, 1.54) is 0 Å². The summed E-state index contributed by atoms with van der Waals surface area (Å²) < 4.78 is 1.65. The average molecular weight is 349 g/mol. The van der Waals surface area contributed by atoms with Crippen molar-refractivity contribution in [3.8, 4) is 11.1 Å². The predicted molar refractivity (Wildman–Crippen MR) is 96.7 cm³/mol. The number of carbonyl (C=O) groups excluding carboxylic acids is 1. The molecule has 25 heavy (non-hydrogen) atoms. The molecule has 0 aliphatic carbocycles. The van der Waals surface area contributed by atoms with Crippen LogP contribution in [0.4, 0.5) is 5.69 Å². The van der Waals surface area contributed by atoms with Crippen LogP contribution in [0.15, 0.2) is 53.4 Å². The van der Waals surface area contributed by atoms with E-state index in [0.29, 0.717) is 11.4 Å². The van der Waals surface area contributed by atoms with Crippen molar-refractivity contribution in [2.24, 2.45) is 0 Å². The van der Waals surface area contributed by atoms with E-state index in [0.717, 1.165) is 27.9 Å². The highest BCUT2D eigenvalue weighted by Gasteiger charge is 2.17. The number of thiocyanates is 1. The fraction of sp³-hybridized carbons (Fsp3) is 0.111. The lowest BCUT2D eigenvalue weighted by Gasteiger charge is -2.06. The van der Waals surface area contributed by atoms with Crippen molar-refractivity contribution >= 4 is 23.4 Å². The molecular formula is C18H15N5OS. The van der Waals surface area contributed by atoms with Gasteiger partial charge in [-0.05, 0) is 67.6 Å². The van der Waals surface area contributed by atoms with Crippen LogP contribution in [0.2, 0.25) is 0 Å². The van der Waals surface area contributed by atoms with Gasteiger partial charge in [0.25, 0.3) is 5.91 Å². The van der Waals surface area contributed by atoms with Crippen molar-refractivity contribution in [3.05, 3.63) is 65.5 Å². The Kier molecular flexibility index (Phi) is 4.82. The summed E-state index contributed by atoms with van der Waals surface area (Å²) in [4.78, 5) is 13.3. The van der Waals surface area contributed by atoms with Crippen LogP contribution in [0.3, 0.4) is 0 Å². The molecule has 3 aromatic rings. The molecule has 0 fully saturated rings. The molecule has 0 atom stereocenters. The van der Waals surface area contributed by atoms with E-state index in [-0.39, 0.29) is 11.6 Å². The molecule has 7 heteroatoms. The van der Waals surface area contributed by atoms with Crippen molar-refractivity contribution < 1.29 is 4.79 Å². The number of aromatic nitrogens is 3. The third kappa shape index (κ3) is 3.70. The molecule has 1 heterocycles. The summed E-state index contributed by atoms with van der Waals surface area (Å²) in [5, 5.41) is 21.6. The van der Waals surface area contributed by atoms with Crippen LogP contribution in [-0.4, -0.2) is 20.9 Å². The fourth-order valence-electron chi connectivity index (χ4n) is 2.39. The molecule has 0 saturated carbocycles. The molecule has 0 aliphatic heterocycles. The topological polar surface area (TPSA) is 83.6 Å². The Morgan fingerprint density at radius 2 is 1.96 bits per heavy atom. The molecule has 2 aromatic carbocycles. The van der Waals surface area contributed by atoms with Gasteiger partial charge in [-0.1, -0.05) is 17.3 Å². The predicted octanol–water partition coefficient (Wildman–Crippen LogP) is 3.71. The Labute approximate surface area is 149 Å². The van der Waals surface area contributed by atoms with Gasteiger partial charge in [0.15, 0.2) is 5.69 Å². The minimum absolute atomic E-state index is 0.275. The second-order valence-electron chi connectivity index (χ2n) is 5.45. The Morgan fingerprint density at radius 3 is 2.64 bits per heavy atom. The highest BCUT2D eigenvalue weighted by Crippen LogP contribution is 2.20. The molecule has 6 nitrogen and oxygen atoms in total. The van der Waals surface area contributed by atoms with Crippen molar-refractivity contribution in [1.82, 2.24) is 15.0 Å². The van der Waals surface area contributed by atoms with Crippen LogP contribution >= 0.6 is 11.8 Å². The van der Waals surface area contributed by atoms with Gasteiger partial charge in [0.1, 0.15) is 5.40 Å². The summed E-state index contributed by atoms with van der Waals surface area (Å²) in [7, 11) is 0. The highest BCUT2D eigenvalue weighted by molar-refractivity contribution is 8.03. The molecule has 1 N–H and O–H groups in total. The molecule has 1 amide bonds. The van der Waals surface area contributed by atoms with Crippen LogP contribution in [0.1, 0.15) is 21.7 Å². The second kappa shape index (κ2) is 7.20. The summed E-state index contributed by atoms with van der Waals surface area (Å²) in [6, 6.07) is 14.9. The number of nitrogens with zero attached hydrogens (tertiary/aromatic N) is 4. The molecule has 0 spiro atoms. The number of amides is 1. The summed E-state index contributed by atoms with van der Waals surface area (Å²) in [5.74, 6) is -0.322. The summed E-state index contributed by atoms with van der Waals surface area (Å²) in [6.45, 7) is 3.81. The number of hydrogen-bond donors (Lipinski definition) is 1. The number of hydrogen-bond acceptors (Lipinski definition) is 5. The first-order chi connectivity index (χ1) is 12.1. The van der Waals surface area contributed by atoms with E-state index < -0.39 is 0 Å². The van der Waals surface area contributed by atoms with Crippen molar-refractivity contribution in [2.45, 2.75) is 18.7 Å². The molecule has 3 rings (SSSR count). The van der Waals surface area contributed by atoms with E-state index in [2.05, 4.69) is 15.6 Å². The minimum Gasteiger partial charge on any atom is -0.321 e. The summed E-state index contributed by atoms with van der Waals surface area (Å²) in [6.07, 6.45) is 0. The monoisotopic (exact) mass is 349 g/mol. The smallest absolute Gasteiger partial charge is 0.278 e. The second-order valence-corrected chi connectivity index (χ2v) is 6.30. The van der Waals surface area contributed by atoms with Gasteiger partial charge in [0.05, 0.1) is 11.4 Å². The number of carbonyl (C=O) groups is 1. The quantitative estimate of drug-likeness (QED) is 0.573. The van der Waals surface area contributed by atoms with Gasteiger partial charge in [-0.3, -0.25) is 4.79 Å². The molecule has 0 aliphatic rings. The molecular weight excluding hydrogens is 334 g/mol. The zero-order valence-electron chi connectivity index (χ0n) is 13.7. The van der Waals surface area contributed by atoms with E-state index in [4.69, 9.17) is 5.26 Å². The first-order valence-corrected chi connectivity index (χ1v) is 8.37. The Balaban J connectivity index is 1.80. The zero-order valence-corrected chi connectivity index (χ0v) is 14.5. The van der Waals surface area contributed by atoms with Gasteiger partial charge < -0.3 is 5.32 Å². The number of thioether (sulfide) groups is 1. The number of benzene rings is 2. The summed E-state index contributed by atoms with van der Waals surface area (Å²) in [5.41, 5.74) is 3.55. The standard InChI is InChI=1S/C18H15N5OS/c1-12-4-3-5-15(10-12)23-13(2)17(21-22-23)18(24)20-14-6-8-16(9-7-14)25-11-19/h3-10H,1-2H3,(H,20,24). The molecule has 0 saturated heterocycles. The number of aryl methyl sites for hydroxylation is 1. The zero-order chi connectivity index (χ0) is 17.8. The van der Waals surface area contributed by atoms with Crippen LogP contribution in [0.5, 0.6) is 0 Å². The maximum absolute atomic E-state index is 12.5. The Morgan fingerprint density at radius 1 is 1.20 bits per heavy atom. The lowest BCUT2D eigenvalue weighted by Crippen LogP contribution is -2.14. The van der Waals surface area contributed by atoms with Gasteiger partial charge >= 0.3 is 0 Å². The lowest BCUT2D eigenvalue weighted by molar-refractivity contribution is 0.102. The van der Waals surface area contributed by atoms with E-state index in [1.54, 1.807) is 28.9 Å². The van der Waals surface area contributed by atoms with Crippen LogP contribution < -0.4 is 5.32 Å². The van der Waals surface area contributed by atoms with Crippen LogP contribution in [0.25, 0.3) is 5.69 Å². The van der Waals surface area contributed by atoms with Gasteiger partial charge in [-0.25, -0.2) is 4.68 Å². The number of nitriles is 1. The highest BCUT2D eigenvalue weighted by atomic mass is 32.2. The number of nitrogens with one attached hydrogen (secondary N) is 1. The fourth-order valence-corrected chi connectivity index (χ4v) is 2.77. The van der Waals surface area contributed by atoms with Gasteiger partial charge in [0.2, 0.25) is 0 Å². The van der Waals surface area contributed by atoms with Crippen LogP contribution in [0, 0.1) is 24.5 Å². The summed E-state index contributed by atoms with van der Waals surface area (Å²) >= 11 is 1.07. The molecule has 0 bridgehead atoms. The maximum atomic E-state index is 12.5. The van der Waals surface area contributed by atoms with Crippen molar-refractivity contribution in [2.75, 3.05) is 5.32 Å². The SMILES string of the molecule is Cc1cccc(-n2nnc(C(=O)Nc3ccc(SC#N)cc3)c2C)c1. The van der Waals surface area contributed by atoms with Crippen molar-refractivity contribution in [1.29, 1.82) is 5.26 Å². The van der Waals surface area contributed by atoms with E-state index >= 15 is 0 Å². The first kappa shape index (κ1) is 16.7. The van der Waals surface area contributed by atoms with Crippen LogP contribution in [-0.2, 0) is 0 Å². The normalized spacial score (nSPS) is 10.3. The van der Waals surface area contributed by atoms with Crippen molar-refractivity contribution in [3.63, 3.8) is 0 Å². The molecule has 0 radical (unpaired) electrons. The third-order valence-corrected chi connectivity index (χ3v) is 4.23. The Bertz CT molecular complexity index is 956. The number of anilines is 1. The van der Waals surface area contributed by atoms with E-state index in [9.17, 15) is 4.79 Å². The van der Waals surface area contributed by atoms with E-state index in [1.807, 2.05) is 43.5 Å². The minimum atomic E-state index is -0.322. The third-order valence-electron chi connectivity index (χ3n) is 3.63. The molecule has 1 aromatic heterocycles. The lowest BCUT2D eigenvalue weighted by atomic mass is 10.2. The Hall–Kier alpha value is -3.11. The molecule has 124 valence electrons. The largest absolute Gasteiger partial charge is 0.321 e. The van der Waals surface area contributed by atoms with Gasteiger partial charge in [-0.15, -0.1) is 5.10 Å². The molecule has 0 unspecified atom stereocenters. The maximum Gasteiger partial charge on any atom is 0.278 e. The average Bonchev–Trinajstić information content (AvgIpc) is 2.98. The first-order valence-electron chi connectivity index (χ1n) is 7.55.